The number of amides is 1. The van der Waals surface area contributed by atoms with Gasteiger partial charge in [-0.25, -0.2) is 4.79 Å². The molecule has 5 nitrogen and oxygen atoms in total. The molecule has 0 aliphatic carbocycles. The molecule has 0 fully saturated rings. The monoisotopic (exact) mass is 279 g/mol. The highest BCUT2D eigenvalue weighted by molar-refractivity contribution is 5.79. The van der Waals surface area contributed by atoms with E-state index in [4.69, 9.17) is 9.47 Å². The standard InChI is InChI=1S/C15H21NO4/c1-10(16-14(18)20-15(2,3)4)11-6-7-13(19-5)12(8-11)9-17/h6-10H,1-5H3,(H,16,18). The molecular formula is C15H21NO4. The van der Waals surface area contributed by atoms with Crippen molar-refractivity contribution in [2.24, 2.45) is 0 Å². The van der Waals surface area contributed by atoms with Crippen molar-refractivity contribution >= 4 is 12.4 Å². The van der Waals surface area contributed by atoms with E-state index >= 15 is 0 Å². The Morgan fingerprint density at radius 1 is 1.35 bits per heavy atom. The zero-order valence-corrected chi connectivity index (χ0v) is 12.5. The highest BCUT2D eigenvalue weighted by Gasteiger charge is 2.18. The first kappa shape index (κ1) is 16.0. The van der Waals surface area contributed by atoms with Crippen LogP contribution in [-0.2, 0) is 4.74 Å². The van der Waals surface area contributed by atoms with Gasteiger partial charge in [-0.1, -0.05) is 6.07 Å². The summed E-state index contributed by atoms with van der Waals surface area (Å²) >= 11 is 0. The molecule has 5 heteroatoms. The molecule has 0 aromatic heterocycles. The molecule has 0 heterocycles. The number of ether oxygens (including phenoxy) is 2. The maximum Gasteiger partial charge on any atom is 0.408 e. The Kier molecular flexibility index (Phi) is 5.13. The summed E-state index contributed by atoms with van der Waals surface area (Å²) in [4.78, 5) is 22.7. The van der Waals surface area contributed by atoms with Crippen LogP contribution in [0.5, 0.6) is 5.75 Å². The van der Waals surface area contributed by atoms with Crippen LogP contribution in [0, 0.1) is 0 Å². The molecule has 1 aromatic carbocycles. The minimum absolute atomic E-state index is 0.269. The molecule has 0 bridgehead atoms. The summed E-state index contributed by atoms with van der Waals surface area (Å²) in [6.07, 6.45) is 0.233. The number of hydrogen-bond donors (Lipinski definition) is 1. The molecule has 0 saturated heterocycles. The second-order valence-corrected chi connectivity index (χ2v) is 5.49. The Balaban J connectivity index is 2.80. The molecule has 1 unspecified atom stereocenters. The molecule has 0 saturated carbocycles. The number of benzene rings is 1. The molecule has 1 N–H and O–H groups in total. The summed E-state index contributed by atoms with van der Waals surface area (Å²) in [6.45, 7) is 7.22. The fourth-order valence-corrected chi connectivity index (χ4v) is 1.68. The highest BCUT2D eigenvalue weighted by atomic mass is 16.6. The van der Waals surface area contributed by atoms with E-state index in [0.29, 0.717) is 11.3 Å². The minimum atomic E-state index is -0.544. The normalized spacial score (nSPS) is 12.4. The SMILES string of the molecule is COc1ccc(C(C)NC(=O)OC(C)(C)C)cc1C=O. The number of aldehydes is 1. The average Bonchev–Trinajstić information content (AvgIpc) is 2.35. The van der Waals surface area contributed by atoms with E-state index in [1.807, 2.05) is 6.92 Å². The van der Waals surface area contributed by atoms with Crippen LogP contribution in [0.4, 0.5) is 4.79 Å². The summed E-state index contributed by atoms with van der Waals surface area (Å²) in [5, 5.41) is 2.72. The van der Waals surface area contributed by atoms with E-state index in [9.17, 15) is 9.59 Å². The number of methoxy groups -OCH3 is 1. The maximum absolute atomic E-state index is 11.7. The lowest BCUT2D eigenvalue weighted by atomic mass is 10.0. The average molecular weight is 279 g/mol. The van der Waals surface area contributed by atoms with Crippen LogP contribution in [-0.4, -0.2) is 25.1 Å². The zero-order valence-electron chi connectivity index (χ0n) is 12.5. The van der Waals surface area contributed by atoms with Gasteiger partial charge in [0, 0.05) is 0 Å². The third-order valence-corrected chi connectivity index (χ3v) is 2.61. The number of alkyl carbamates (subject to hydrolysis) is 1. The van der Waals surface area contributed by atoms with Crippen molar-refractivity contribution in [3.05, 3.63) is 29.3 Å². The Morgan fingerprint density at radius 2 is 2.00 bits per heavy atom. The molecule has 0 spiro atoms. The predicted octanol–water partition coefficient (Wildman–Crippen LogP) is 3.09. The molecule has 20 heavy (non-hydrogen) atoms. The first-order valence-electron chi connectivity index (χ1n) is 6.39. The van der Waals surface area contributed by atoms with E-state index in [2.05, 4.69) is 5.32 Å². The van der Waals surface area contributed by atoms with Gasteiger partial charge >= 0.3 is 6.09 Å². The van der Waals surface area contributed by atoms with E-state index < -0.39 is 11.7 Å². The number of carbonyl (C=O) groups excluding carboxylic acids is 2. The van der Waals surface area contributed by atoms with Crippen molar-refractivity contribution in [3.8, 4) is 5.75 Å². The van der Waals surface area contributed by atoms with Gasteiger partial charge in [-0.05, 0) is 45.4 Å². The van der Waals surface area contributed by atoms with Gasteiger partial charge in [0.2, 0.25) is 0 Å². The Hall–Kier alpha value is -2.04. The number of nitrogens with one attached hydrogen (secondary N) is 1. The van der Waals surface area contributed by atoms with Crippen LogP contribution in [0.2, 0.25) is 0 Å². The van der Waals surface area contributed by atoms with Crippen LogP contribution < -0.4 is 10.1 Å². The van der Waals surface area contributed by atoms with E-state index in [1.54, 1.807) is 39.0 Å². The summed E-state index contributed by atoms with van der Waals surface area (Å²) in [5.41, 5.74) is 0.707. The molecule has 1 rings (SSSR count). The first-order chi connectivity index (χ1) is 9.26. The van der Waals surface area contributed by atoms with Crippen LogP contribution in [0.15, 0.2) is 18.2 Å². The van der Waals surface area contributed by atoms with Crippen LogP contribution in [0.3, 0.4) is 0 Å². The lowest BCUT2D eigenvalue weighted by Gasteiger charge is -2.22. The summed E-state index contributed by atoms with van der Waals surface area (Å²) in [6, 6.07) is 4.92. The van der Waals surface area contributed by atoms with Crippen molar-refractivity contribution in [3.63, 3.8) is 0 Å². The van der Waals surface area contributed by atoms with Gasteiger partial charge < -0.3 is 14.8 Å². The van der Waals surface area contributed by atoms with Crippen LogP contribution in [0.25, 0.3) is 0 Å². The Bertz CT molecular complexity index is 491. The van der Waals surface area contributed by atoms with Gasteiger partial charge in [0.05, 0.1) is 18.7 Å². The van der Waals surface area contributed by atoms with Gasteiger partial charge in [0.1, 0.15) is 11.4 Å². The van der Waals surface area contributed by atoms with Gasteiger partial charge in [-0.2, -0.15) is 0 Å². The predicted molar refractivity (Wildman–Crippen MR) is 76.2 cm³/mol. The molecule has 1 amide bonds. The molecule has 1 atom stereocenters. The summed E-state index contributed by atoms with van der Waals surface area (Å²) in [7, 11) is 1.50. The van der Waals surface area contributed by atoms with Crippen LogP contribution >= 0.6 is 0 Å². The largest absolute Gasteiger partial charge is 0.496 e. The first-order valence-corrected chi connectivity index (χ1v) is 6.39. The van der Waals surface area contributed by atoms with Crippen molar-refractivity contribution in [1.82, 2.24) is 5.32 Å². The van der Waals surface area contributed by atoms with Crippen molar-refractivity contribution in [2.45, 2.75) is 39.3 Å². The fraction of sp³-hybridized carbons (Fsp3) is 0.467. The molecule has 1 aromatic rings. The second kappa shape index (κ2) is 6.41. The molecule has 0 aliphatic rings. The number of carbonyl (C=O) groups is 2. The van der Waals surface area contributed by atoms with E-state index in [0.717, 1.165) is 11.8 Å². The Labute approximate surface area is 119 Å². The fourth-order valence-electron chi connectivity index (χ4n) is 1.68. The lowest BCUT2D eigenvalue weighted by molar-refractivity contribution is 0.0508. The molecular weight excluding hydrogens is 258 g/mol. The number of hydrogen-bond acceptors (Lipinski definition) is 4. The minimum Gasteiger partial charge on any atom is -0.496 e. The van der Waals surface area contributed by atoms with Gasteiger partial charge in [0.25, 0.3) is 0 Å². The van der Waals surface area contributed by atoms with Gasteiger partial charge in [-0.15, -0.1) is 0 Å². The summed E-state index contributed by atoms with van der Waals surface area (Å²) in [5.74, 6) is 0.508. The highest BCUT2D eigenvalue weighted by Crippen LogP contribution is 2.22. The lowest BCUT2D eigenvalue weighted by Crippen LogP contribution is -2.34. The van der Waals surface area contributed by atoms with Gasteiger partial charge in [0.15, 0.2) is 6.29 Å². The number of rotatable bonds is 4. The van der Waals surface area contributed by atoms with E-state index in [-0.39, 0.29) is 6.04 Å². The Morgan fingerprint density at radius 3 is 2.50 bits per heavy atom. The quantitative estimate of drug-likeness (QED) is 0.860. The smallest absolute Gasteiger partial charge is 0.408 e. The second-order valence-electron chi connectivity index (χ2n) is 5.49. The molecule has 110 valence electrons. The van der Waals surface area contributed by atoms with E-state index in [1.165, 1.54) is 7.11 Å². The van der Waals surface area contributed by atoms with Crippen LogP contribution in [0.1, 0.15) is 49.7 Å². The molecule has 0 radical (unpaired) electrons. The third kappa shape index (κ3) is 4.57. The molecule has 0 aliphatic heterocycles. The van der Waals surface area contributed by atoms with Crippen molar-refractivity contribution < 1.29 is 19.1 Å². The zero-order chi connectivity index (χ0) is 15.3. The maximum atomic E-state index is 11.7. The van der Waals surface area contributed by atoms with Crippen molar-refractivity contribution in [2.75, 3.05) is 7.11 Å². The summed E-state index contributed by atoms with van der Waals surface area (Å²) < 4.78 is 10.3. The van der Waals surface area contributed by atoms with Gasteiger partial charge in [-0.3, -0.25) is 4.79 Å². The third-order valence-electron chi connectivity index (χ3n) is 2.61. The van der Waals surface area contributed by atoms with Crippen molar-refractivity contribution in [1.29, 1.82) is 0 Å². The topological polar surface area (TPSA) is 64.6 Å².